The summed E-state index contributed by atoms with van der Waals surface area (Å²) in [5.74, 6) is 0.915. The van der Waals surface area contributed by atoms with E-state index < -0.39 is 0 Å². The Morgan fingerprint density at radius 2 is 1.79 bits per heavy atom. The van der Waals surface area contributed by atoms with Crippen molar-refractivity contribution in [3.05, 3.63) is 54.1 Å². The molecular formula is C24H32N3O+. The van der Waals surface area contributed by atoms with E-state index in [4.69, 9.17) is 9.84 Å². The van der Waals surface area contributed by atoms with E-state index in [-0.39, 0.29) is 5.41 Å². The quantitative estimate of drug-likeness (QED) is 0.267. The average molecular weight is 379 g/mol. The molecule has 1 heterocycles. The second-order valence-corrected chi connectivity index (χ2v) is 7.90. The van der Waals surface area contributed by atoms with Crippen LogP contribution < -0.4 is 9.75 Å². The number of para-hydroxylation sites is 1. The molecule has 1 aliphatic heterocycles. The molecule has 0 N–H and O–H groups in total. The van der Waals surface area contributed by atoms with Crippen LogP contribution in [-0.2, 0) is 5.41 Å². The Balaban J connectivity index is 1.69. The maximum atomic E-state index is 5.79. The smallest absolute Gasteiger partial charge is 0.212 e. The monoisotopic (exact) mass is 378 g/mol. The second-order valence-electron chi connectivity index (χ2n) is 7.90. The van der Waals surface area contributed by atoms with Gasteiger partial charge in [-0.2, -0.15) is 9.68 Å². The lowest BCUT2D eigenvalue weighted by Crippen LogP contribution is -2.30. The van der Waals surface area contributed by atoms with Gasteiger partial charge in [0.25, 0.3) is 0 Å². The number of anilines is 1. The summed E-state index contributed by atoms with van der Waals surface area (Å²) < 4.78 is 8.03. The zero-order valence-corrected chi connectivity index (χ0v) is 17.8. The van der Waals surface area contributed by atoms with Crippen LogP contribution in [0.4, 0.5) is 11.4 Å². The van der Waals surface area contributed by atoms with Crippen molar-refractivity contribution in [1.82, 2.24) is 0 Å². The van der Waals surface area contributed by atoms with Crippen molar-refractivity contribution < 1.29 is 9.31 Å². The molecule has 0 atom stereocenters. The van der Waals surface area contributed by atoms with E-state index in [0.29, 0.717) is 0 Å². The summed E-state index contributed by atoms with van der Waals surface area (Å²) in [5.41, 5.74) is 4.75. The van der Waals surface area contributed by atoms with Gasteiger partial charge in [0.05, 0.1) is 17.7 Å². The van der Waals surface area contributed by atoms with E-state index in [1.807, 2.05) is 30.4 Å². The number of fused-ring (bicyclic) bond motifs is 1. The average Bonchev–Trinajstić information content (AvgIpc) is 2.90. The van der Waals surface area contributed by atoms with E-state index in [0.717, 1.165) is 24.5 Å². The number of benzene rings is 2. The molecule has 4 heteroatoms. The van der Waals surface area contributed by atoms with Gasteiger partial charge in [-0.3, -0.25) is 5.01 Å². The summed E-state index contributed by atoms with van der Waals surface area (Å²) in [6.07, 6.45) is 5.51. The van der Waals surface area contributed by atoms with Crippen LogP contribution in [0, 0.1) is 0 Å². The highest BCUT2D eigenvalue weighted by atomic mass is 16.5. The second kappa shape index (κ2) is 8.59. The van der Waals surface area contributed by atoms with E-state index in [1.54, 1.807) is 0 Å². The molecule has 2 aromatic rings. The van der Waals surface area contributed by atoms with Gasteiger partial charge in [0.15, 0.2) is 0 Å². The summed E-state index contributed by atoms with van der Waals surface area (Å²) in [6.45, 7) is 7.48. The third-order valence-corrected chi connectivity index (χ3v) is 5.52. The fourth-order valence-corrected chi connectivity index (χ4v) is 3.74. The molecular weight excluding hydrogens is 346 g/mol. The Labute approximate surface area is 169 Å². The van der Waals surface area contributed by atoms with Gasteiger partial charge in [-0.25, -0.2) is 0 Å². The molecule has 0 unspecified atom stereocenters. The highest BCUT2D eigenvalue weighted by Crippen LogP contribution is 2.38. The lowest BCUT2D eigenvalue weighted by molar-refractivity contribution is -0.400. The summed E-state index contributed by atoms with van der Waals surface area (Å²) in [6, 6.07) is 16.7. The van der Waals surface area contributed by atoms with Crippen molar-refractivity contribution in [3.63, 3.8) is 0 Å². The largest absolute Gasteiger partial charge is 0.494 e. The van der Waals surface area contributed by atoms with Crippen LogP contribution in [0.5, 0.6) is 5.75 Å². The van der Waals surface area contributed by atoms with Gasteiger partial charge in [0.2, 0.25) is 11.4 Å². The minimum atomic E-state index is -0.0636. The molecule has 0 fully saturated rings. The van der Waals surface area contributed by atoms with Gasteiger partial charge in [0.1, 0.15) is 19.0 Å². The number of ether oxygens (including phenoxy) is 1. The molecule has 0 spiro atoms. The lowest BCUT2D eigenvalue weighted by Gasteiger charge is -2.17. The molecule has 1 aliphatic rings. The maximum Gasteiger partial charge on any atom is 0.212 e. The normalized spacial score (nSPS) is 15.2. The number of hydrogen-bond donors (Lipinski definition) is 0. The Kier molecular flexibility index (Phi) is 6.18. The van der Waals surface area contributed by atoms with Crippen LogP contribution in [-0.4, -0.2) is 37.2 Å². The van der Waals surface area contributed by atoms with Crippen molar-refractivity contribution in [2.45, 2.75) is 45.4 Å². The summed E-state index contributed by atoms with van der Waals surface area (Å²) in [5, 5.41) is 6.61. The number of hydrogen-bond acceptors (Lipinski definition) is 3. The van der Waals surface area contributed by atoms with Gasteiger partial charge in [-0.05, 0) is 44.5 Å². The number of hydrazone groups is 1. The first-order chi connectivity index (χ1) is 13.4. The SMILES string of the molecule is CCCCCOc1ccc(N(C)N=CC2=[N+](C)c3ccccc3C2(C)C)cc1. The maximum absolute atomic E-state index is 5.79. The van der Waals surface area contributed by atoms with Crippen molar-refractivity contribution in [2.24, 2.45) is 5.10 Å². The first kappa shape index (κ1) is 20.1. The fraction of sp³-hybridized carbons (Fsp3) is 0.417. The molecule has 148 valence electrons. The molecule has 28 heavy (non-hydrogen) atoms. The summed E-state index contributed by atoms with van der Waals surface area (Å²) in [7, 11) is 4.09. The van der Waals surface area contributed by atoms with Crippen LogP contribution in [0.3, 0.4) is 0 Å². The lowest BCUT2D eigenvalue weighted by atomic mass is 9.82. The Morgan fingerprint density at radius 3 is 2.46 bits per heavy atom. The molecule has 2 aromatic carbocycles. The first-order valence-corrected chi connectivity index (χ1v) is 10.2. The zero-order valence-electron chi connectivity index (χ0n) is 17.8. The minimum absolute atomic E-state index is 0.0636. The zero-order chi connectivity index (χ0) is 20.1. The van der Waals surface area contributed by atoms with Crippen LogP contribution in [0.15, 0.2) is 53.6 Å². The van der Waals surface area contributed by atoms with Gasteiger partial charge in [0, 0.05) is 18.7 Å². The van der Waals surface area contributed by atoms with Crippen molar-refractivity contribution in [2.75, 3.05) is 25.7 Å². The highest BCUT2D eigenvalue weighted by Gasteiger charge is 2.43. The number of nitrogens with zero attached hydrogens (tertiary/aromatic N) is 3. The molecule has 0 amide bonds. The van der Waals surface area contributed by atoms with Gasteiger partial charge in [-0.1, -0.05) is 38.0 Å². The molecule has 0 aliphatic carbocycles. The first-order valence-electron chi connectivity index (χ1n) is 10.2. The Hall–Kier alpha value is -2.62. The third-order valence-electron chi connectivity index (χ3n) is 5.52. The molecule has 0 saturated carbocycles. The van der Waals surface area contributed by atoms with E-state index >= 15 is 0 Å². The van der Waals surface area contributed by atoms with Crippen LogP contribution in [0.25, 0.3) is 0 Å². The van der Waals surface area contributed by atoms with Crippen LogP contribution in [0.2, 0.25) is 0 Å². The predicted molar refractivity (Wildman–Crippen MR) is 119 cm³/mol. The summed E-state index contributed by atoms with van der Waals surface area (Å²) >= 11 is 0. The molecule has 4 nitrogen and oxygen atoms in total. The van der Waals surface area contributed by atoms with Crippen LogP contribution in [0.1, 0.15) is 45.6 Å². The number of rotatable bonds is 8. The Morgan fingerprint density at radius 1 is 1.07 bits per heavy atom. The van der Waals surface area contributed by atoms with Crippen LogP contribution >= 0.6 is 0 Å². The van der Waals surface area contributed by atoms with Crippen molar-refractivity contribution in [1.29, 1.82) is 0 Å². The third kappa shape index (κ3) is 4.11. The van der Waals surface area contributed by atoms with Gasteiger partial charge < -0.3 is 4.74 Å². The minimum Gasteiger partial charge on any atom is -0.494 e. The standard InChI is InChI=1S/C24H32N3O/c1-6-7-10-17-28-20-15-13-19(14-16-20)27(5)25-18-23-24(2,3)21-11-8-9-12-22(21)26(23)4/h8-9,11-16,18H,6-7,10,17H2,1-5H3/q+1. The van der Waals surface area contributed by atoms with Crippen molar-refractivity contribution in [3.8, 4) is 5.75 Å². The molecule has 3 rings (SSSR count). The molecule has 0 saturated heterocycles. The van der Waals surface area contributed by atoms with E-state index in [1.165, 1.54) is 29.8 Å². The van der Waals surface area contributed by atoms with Crippen molar-refractivity contribution >= 4 is 23.3 Å². The number of unbranched alkanes of at least 4 members (excludes halogenated alkanes) is 2. The topological polar surface area (TPSA) is 27.8 Å². The Bertz CT molecular complexity index is 866. The molecule has 0 bridgehead atoms. The molecule has 0 radical (unpaired) electrons. The van der Waals surface area contributed by atoms with E-state index in [9.17, 15) is 0 Å². The van der Waals surface area contributed by atoms with E-state index in [2.05, 4.69) is 68.8 Å². The predicted octanol–water partition coefficient (Wildman–Crippen LogP) is 5.38. The van der Waals surface area contributed by atoms with Gasteiger partial charge >= 0.3 is 0 Å². The van der Waals surface area contributed by atoms with Gasteiger partial charge in [-0.15, -0.1) is 0 Å². The summed E-state index contributed by atoms with van der Waals surface area (Å²) in [4.78, 5) is 0. The highest BCUT2D eigenvalue weighted by molar-refractivity contribution is 6.33. The fourth-order valence-electron chi connectivity index (χ4n) is 3.74. The molecule has 0 aromatic heterocycles.